The van der Waals surface area contributed by atoms with E-state index in [-0.39, 0.29) is 12.0 Å². The summed E-state index contributed by atoms with van der Waals surface area (Å²) in [6.07, 6.45) is -0.332. The van der Waals surface area contributed by atoms with Gasteiger partial charge in [-0.1, -0.05) is 22.9 Å². The van der Waals surface area contributed by atoms with Gasteiger partial charge in [-0.25, -0.2) is 9.48 Å². The molecule has 0 saturated carbocycles. The maximum absolute atomic E-state index is 12.8. The average molecular weight is 357 g/mol. The van der Waals surface area contributed by atoms with E-state index in [0.29, 0.717) is 44.2 Å². The lowest BCUT2D eigenvalue weighted by molar-refractivity contribution is 0.0565. The topological polar surface area (TPSA) is 80.6 Å². The SMILES string of the molecule is CCOC(=O)N1CCN(C(=O)c2nnn(-c3ccc(C)cc3)c2C)CC1. The Morgan fingerprint density at radius 1 is 1.04 bits per heavy atom. The molecule has 2 aromatic rings. The predicted molar refractivity (Wildman–Crippen MR) is 95.3 cm³/mol. The number of nitrogens with zero attached hydrogens (tertiary/aromatic N) is 5. The third kappa shape index (κ3) is 3.54. The lowest BCUT2D eigenvalue weighted by Crippen LogP contribution is -2.50. The van der Waals surface area contributed by atoms with Crippen LogP contribution in [0.2, 0.25) is 0 Å². The van der Waals surface area contributed by atoms with Crippen LogP contribution in [0.5, 0.6) is 0 Å². The van der Waals surface area contributed by atoms with E-state index in [4.69, 9.17) is 4.74 Å². The lowest BCUT2D eigenvalue weighted by atomic mass is 10.2. The molecule has 1 fully saturated rings. The summed E-state index contributed by atoms with van der Waals surface area (Å²) in [5.41, 5.74) is 3.07. The number of ether oxygens (including phenoxy) is 1. The number of aryl methyl sites for hydroxylation is 1. The monoisotopic (exact) mass is 357 g/mol. The number of rotatable bonds is 3. The first kappa shape index (κ1) is 17.9. The van der Waals surface area contributed by atoms with Crippen LogP contribution >= 0.6 is 0 Å². The van der Waals surface area contributed by atoms with Gasteiger partial charge in [0, 0.05) is 26.2 Å². The predicted octanol–water partition coefficient (Wildman–Crippen LogP) is 1.80. The van der Waals surface area contributed by atoms with E-state index in [0.717, 1.165) is 11.3 Å². The normalized spacial score (nSPS) is 14.4. The van der Waals surface area contributed by atoms with Crippen LogP contribution in [0.1, 0.15) is 28.7 Å². The van der Waals surface area contributed by atoms with E-state index in [9.17, 15) is 9.59 Å². The first-order chi connectivity index (χ1) is 12.5. The molecule has 26 heavy (non-hydrogen) atoms. The third-order valence-corrected chi connectivity index (χ3v) is 4.47. The van der Waals surface area contributed by atoms with Crippen molar-refractivity contribution >= 4 is 12.0 Å². The zero-order valence-corrected chi connectivity index (χ0v) is 15.3. The minimum atomic E-state index is -0.332. The minimum Gasteiger partial charge on any atom is -0.450 e. The quantitative estimate of drug-likeness (QED) is 0.837. The second-order valence-electron chi connectivity index (χ2n) is 6.25. The molecule has 1 aliphatic heterocycles. The molecule has 138 valence electrons. The zero-order chi connectivity index (χ0) is 18.7. The van der Waals surface area contributed by atoms with E-state index in [1.807, 2.05) is 38.1 Å². The van der Waals surface area contributed by atoms with Crippen molar-refractivity contribution in [3.05, 3.63) is 41.2 Å². The molecule has 3 rings (SSSR count). The maximum Gasteiger partial charge on any atom is 0.409 e. The Morgan fingerprint density at radius 3 is 2.27 bits per heavy atom. The van der Waals surface area contributed by atoms with E-state index >= 15 is 0 Å². The van der Waals surface area contributed by atoms with Crippen molar-refractivity contribution in [2.45, 2.75) is 20.8 Å². The summed E-state index contributed by atoms with van der Waals surface area (Å²) >= 11 is 0. The minimum absolute atomic E-state index is 0.163. The van der Waals surface area contributed by atoms with Crippen molar-refractivity contribution < 1.29 is 14.3 Å². The highest BCUT2D eigenvalue weighted by atomic mass is 16.6. The summed E-state index contributed by atoms with van der Waals surface area (Å²) in [4.78, 5) is 27.9. The smallest absolute Gasteiger partial charge is 0.409 e. The second kappa shape index (κ2) is 7.55. The molecule has 1 saturated heterocycles. The number of carbonyl (C=O) groups excluding carboxylic acids is 2. The van der Waals surface area contributed by atoms with Gasteiger partial charge in [-0.3, -0.25) is 4.79 Å². The Bertz CT molecular complexity index is 792. The van der Waals surface area contributed by atoms with Crippen molar-refractivity contribution in [2.75, 3.05) is 32.8 Å². The van der Waals surface area contributed by atoms with Gasteiger partial charge in [0.1, 0.15) is 0 Å². The van der Waals surface area contributed by atoms with Crippen LogP contribution in [0.15, 0.2) is 24.3 Å². The fraction of sp³-hybridized carbons (Fsp3) is 0.444. The number of aromatic nitrogens is 3. The van der Waals surface area contributed by atoms with Crippen LogP contribution in [-0.2, 0) is 4.74 Å². The molecule has 1 aromatic heterocycles. The standard InChI is InChI=1S/C18H23N5O3/c1-4-26-18(25)22-11-9-21(10-12-22)17(24)16-14(3)23(20-19-16)15-7-5-13(2)6-8-15/h5-8H,4,9-12H2,1-3H3. The molecule has 8 nitrogen and oxygen atoms in total. The molecule has 2 amide bonds. The Balaban J connectivity index is 1.70. The van der Waals surface area contributed by atoms with Gasteiger partial charge in [-0.2, -0.15) is 0 Å². The number of benzene rings is 1. The summed E-state index contributed by atoms with van der Waals surface area (Å²) in [6, 6.07) is 7.88. The maximum atomic E-state index is 12.8. The van der Waals surface area contributed by atoms with Gasteiger partial charge in [0.05, 0.1) is 18.0 Å². The highest BCUT2D eigenvalue weighted by Gasteiger charge is 2.28. The number of hydrogen-bond acceptors (Lipinski definition) is 5. The van der Waals surface area contributed by atoms with E-state index < -0.39 is 0 Å². The highest BCUT2D eigenvalue weighted by Crippen LogP contribution is 2.15. The molecule has 0 N–H and O–H groups in total. The molecular formula is C18H23N5O3. The zero-order valence-electron chi connectivity index (χ0n) is 15.3. The van der Waals surface area contributed by atoms with Crippen molar-refractivity contribution in [3.63, 3.8) is 0 Å². The van der Waals surface area contributed by atoms with Gasteiger partial charge in [0.2, 0.25) is 0 Å². The van der Waals surface area contributed by atoms with E-state index in [2.05, 4.69) is 10.3 Å². The lowest BCUT2D eigenvalue weighted by Gasteiger charge is -2.33. The number of carbonyl (C=O) groups is 2. The van der Waals surface area contributed by atoms with Crippen LogP contribution in [0.4, 0.5) is 4.79 Å². The van der Waals surface area contributed by atoms with Crippen molar-refractivity contribution in [2.24, 2.45) is 0 Å². The summed E-state index contributed by atoms with van der Waals surface area (Å²) in [6.45, 7) is 7.79. The molecule has 0 radical (unpaired) electrons. The molecule has 2 heterocycles. The molecule has 0 bridgehead atoms. The van der Waals surface area contributed by atoms with Gasteiger partial charge in [-0.05, 0) is 32.9 Å². The van der Waals surface area contributed by atoms with Gasteiger partial charge < -0.3 is 14.5 Å². The fourth-order valence-corrected chi connectivity index (χ4v) is 2.91. The Labute approximate surface area is 152 Å². The Hall–Kier alpha value is -2.90. The van der Waals surface area contributed by atoms with Gasteiger partial charge in [0.15, 0.2) is 5.69 Å². The van der Waals surface area contributed by atoms with Gasteiger partial charge >= 0.3 is 6.09 Å². The largest absolute Gasteiger partial charge is 0.450 e. The van der Waals surface area contributed by atoms with E-state index in [1.165, 1.54) is 0 Å². The van der Waals surface area contributed by atoms with E-state index in [1.54, 1.807) is 21.4 Å². The first-order valence-corrected chi connectivity index (χ1v) is 8.71. The summed E-state index contributed by atoms with van der Waals surface area (Å²) in [7, 11) is 0. The average Bonchev–Trinajstić information content (AvgIpc) is 3.03. The first-order valence-electron chi connectivity index (χ1n) is 8.71. The second-order valence-corrected chi connectivity index (χ2v) is 6.25. The molecule has 1 aliphatic rings. The molecule has 1 aromatic carbocycles. The summed E-state index contributed by atoms with van der Waals surface area (Å²) in [5, 5.41) is 8.22. The molecule has 0 spiro atoms. The van der Waals surface area contributed by atoms with Crippen LogP contribution in [0, 0.1) is 13.8 Å². The number of hydrogen-bond donors (Lipinski definition) is 0. The number of piperazine rings is 1. The van der Waals surface area contributed by atoms with Crippen LogP contribution < -0.4 is 0 Å². The Morgan fingerprint density at radius 2 is 1.65 bits per heavy atom. The molecule has 8 heteroatoms. The van der Waals surface area contributed by atoms with Crippen molar-refractivity contribution in [1.29, 1.82) is 0 Å². The van der Waals surface area contributed by atoms with Gasteiger partial charge in [-0.15, -0.1) is 5.10 Å². The van der Waals surface area contributed by atoms with Crippen LogP contribution in [0.25, 0.3) is 5.69 Å². The highest BCUT2D eigenvalue weighted by molar-refractivity contribution is 5.93. The molecule has 0 unspecified atom stereocenters. The van der Waals surface area contributed by atoms with Crippen LogP contribution in [-0.4, -0.2) is 69.6 Å². The van der Waals surface area contributed by atoms with Crippen molar-refractivity contribution in [3.8, 4) is 5.69 Å². The fourth-order valence-electron chi connectivity index (χ4n) is 2.91. The van der Waals surface area contributed by atoms with Gasteiger partial charge in [0.25, 0.3) is 5.91 Å². The van der Waals surface area contributed by atoms with Crippen molar-refractivity contribution in [1.82, 2.24) is 24.8 Å². The summed E-state index contributed by atoms with van der Waals surface area (Å²) < 4.78 is 6.67. The molecule has 0 atom stereocenters. The summed E-state index contributed by atoms with van der Waals surface area (Å²) in [5.74, 6) is -0.163. The molecular weight excluding hydrogens is 334 g/mol. The number of amides is 2. The third-order valence-electron chi connectivity index (χ3n) is 4.47. The van der Waals surface area contributed by atoms with Crippen LogP contribution in [0.3, 0.4) is 0 Å². The molecule has 0 aliphatic carbocycles. The Kier molecular flexibility index (Phi) is 5.20.